The van der Waals surface area contributed by atoms with Crippen LogP contribution in [0.25, 0.3) is 0 Å². The fraction of sp³-hybridized carbons (Fsp3) is 0.876. The van der Waals surface area contributed by atoms with Crippen LogP contribution in [0, 0.1) is 56.7 Å². The van der Waals surface area contributed by atoms with Gasteiger partial charge in [-0.25, -0.2) is 19.4 Å². The van der Waals surface area contributed by atoms with Crippen molar-refractivity contribution in [1.29, 1.82) is 0 Å². The van der Waals surface area contributed by atoms with Crippen LogP contribution in [-0.4, -0.2) is 201 Å². The minimum Gasteiger partial charge on any atom is -0.481 e. The van der Waals surface area contributed by atoms with E-state index < -0.39 is 5.97 Å². The second-order valence-corrected chi connectivity index (χ2v) is 41.1. The van der Waals surface area contributed by atoms with Crippen molar-refractivity contribution in [3.05, 3.63) is 0 Å². The first kappa shape index (κ1) is 158. The molecule has 142 heavy (non-hydrogen) atoms. The zero-order valence-corrected chi connectivity index (χ0v) is 99.9. The van der Waals surface area contributed by atoms with Crippen LogP contribution in [0.3, 0.4) is 0 Å². The van der Waals surface area contributed by atoms with Crippen LogP contribution in [0.2, 0.25) is 0 Å². The average Bonchev–Trinajstić information content (AvgIpc) is 1.59. The Balaban J connectivity index is -0.000000145. The van der Waals surface area contributed by atoms with Gasteiger partial charge in [-0.2, -0.15) is 0 Å². The molecular formula is C113H228N6O23+2. The zero-order valence-electron chi connectivity index (χ0n) is 99.9. The summed E-state index contributed by atoms with van der Waals surface area (Å²) in [6, 6.07) is 1.24. The Hall–Kier alpha value is -7.14. The number of primary amides is 1. The summed E-state index contributed by atoms with van der Waals surface area (Å²) in [5.74, 6) is -0.0480. The summed E-state index contributed by atoms with van der Waals surface area (Å²) >= 11 is 0. The maximum atomic E-state index is 11.3. The molecule has 3 heterocycles. The lowest BCUT2D eigenvalue weighted by Gasteiger charge is -2.22. The summed E-state index contributed by atoms with van der Waals surface area (Å²) in [5.41, 5.74) is 3.15. The number of aliphatic hydroxyl groups is 1. The summed E-state index contributed by atoms with van der Waals surface area (Å²) in [4.78, 5) is 157. The highest BCUT2D eigenvalue weighted by Crippen LogP contribution is 2.26. The van der Waals surface area contributed by atoms with E-state index >= 15 is 0 Å². The molecule has 0 radical (unpaired) electrons. The molecule has 29 nitrogen and oxygen atoms in total. The number of aliphatic carboxylic acids is 1. The normalized spacial score (nSPS) is 16.5. The predicted octanol–water partition coefficient (Wildman–Crippen LogP) is 21.9. The second kappa shape index (κ2) is 93.6. The molecule has 0 aliphatic carbocycles. The Morgan fingerprint density at radius 3 is 0.810 bits per heavy atom. The summed E-state index contributed by atoms with van der Waals surface area (Å²) in [5, 5.41) is 22.1. The monoisotopic (exact) mass is 2040 g/mol. The van der Waals surface area contributed by atoms with E-state index in [2.05, 4.69) is 93.7 Å². The van der Waals surface area contributed by atoms with E-state index in [0.717, 1.165) is 209 Å². The third kappa shape index (κ3) is 82.0. The van der Waals surface area contributed by atoms with Crippen LogP contribution in [0.4, 0.5) is 0 Å². The summed E-state index contributed by atoms with van der Waals surface area (Å²) in [7, 11) is 1.66. The van der Waals surface area contributed by atoms with Gasteiger partial charge in [-0.05, 0) is 225 Å². The Kier molecular flexibility index (Phi) is 104. The maximum Gasteiger partial charge on any atom is 0.374 e. The van der Waals surface area contributed by atoms with Crippen molar-refractivity contribution < 1.29 is 120 Å². The quantitative estimate of drug-likeness (QED) is 0.0129. The molecule has 0 saturated carbocycles. The lowest BCUT2D eigenvalue weighted by atomic mass is 9.91. The molecular weight excluding hydrogens is 1810 g/mol. The third-order valence-corrected chi connectivity index (χ3v) is 26.1. The maximum absolute atomic E-state index is 11.3. The molecule has 8 N–H and O–H groups in total. The molecule has 3 fully saturated rings. The fourth-order valence-electron chi connectivity index (χ4n) is 10.1. The molecule has 11 unspecified atom stereocenters. The number of unbranched alkanes of at least 4 members (excludes halogenated alkanes) is 7. The van der Waals surface area contributed by atoms with E-state index in [1.54, 1.807) is 14.0 Å². The van der Waals surface area contributed by atoms with Crippen molar-refractivity contribution in [2.75, 3.05) is 73.0 Å². The van der Waals surface area contributed by atoms with Gasteiger partial charge in [-0.15, -0.1) is 0 Å². The first-order valence-corrected chi connectivity index (χ1v) is 54.8. The largest absolute Gasteiger partial charge is 0.481 e. The standard InChI is InChI=1S/5C10H20O2.2C9H18O2.2C8H15NO.C7H13NO2.2C6H13NO.C5H11NO.C5H10O2/c5*1-5-7-8-12-9(11)10(3,4)6-2;2*1-4-6-7-11-9(10)8(3)5-2;1-5-8(4)7(10)9(8)6(2)3;1-3-7(2)9-6-4-5-8(9)10;1-3-7(2)6(10)8(7)4-5-9;1-4-5(2)6(8)7-3;1-4-5(2)7-6(3)8;2*1-3-4(2)5(6)7/h5*5-8H2,1-4H3;2*8H,4-7H2,1-3H3;6H,5H2,1-4H3;7H,3-6H2,1-2H3;9H,3-5H2,1-2H3;2*5H,4H2,1-3H3,(H,7,8);4H,3H2,1-2H3,(H2,6,7);4H,3H2,1-2H3,(H,6,7)/p+2. The fourth-order valence-corrected chi connectivity index (χ4v) is 10.1. The van der Waals surface area contributed by atoms with Crippen LogP contribution in [0.5, 0.6) is 0 Å². The van der Waals surface area contributed by atoms with Crippen LogP contribution in [0.15, 0.2) is 0 Å². The molecule has 11 atom stereocenters. The van der Waals surface area contributed by atoms with Crippen molar-refractivity contribution in [1.82, 2.24) is 15.5 Å². The van der Waals surface area contributed by atoms with Gasteiger partial charge in [-0.1, -0.05) is 225 Å². The van der Waals surface area contributed by atoms with E-state index in [-0.39, 0.29) is 140 Å². The number of carboxylic acid groups (broad SMARTS) is 1. The van der Waals surface area contributed by atoms with E-state index in [1.807, 2.05) is 206 Å². The van der Waals surface area contributed by atoms with Gasteiger partial charge < -0.3 is 64.6 Å². The lowest BCUT2D eigenvalue weighted by Crippen LogP contribution is -3.01. The number of nitrogens with one attached hydrogen (secondary N) is 4. The number of nitrogens with zero attached hydrogens (tertiary/aromatic N) is 1. The molecule has 6 amide bonds. The minimum atomic E-state index is -0.706. The smallest absolute Gasteiger partial charge is 0.374 e. The van der Waals surface area contributed by atoms with Gasteiger partial charge >= 0.3 is 59.6 Å². The van der Waals surface area contributed by atoms with Gasteiger partial charge in [-0.3, -0.25) is 57.5 Å². The number of rotatable bonds is 50. The summed E-state index contributed by atoms with van der Waals surface area (Å²) in [6.07, 6.45) is 28.4. The van der Waals surface area contributed by atoms with Crippen LogP contribution < -0.4 is 26.2 Å². The van der Waals surface area contributed by atoms with E-state index in [9.17, 15) is 67.1 Å². The SMILES string of the molecule is CCC(C)C(=O)NC.CCC(C)C(=O)O.CCC(C)C(N)=O.CCC(C)N1CCCC1=O.CCC(C)NC(C)=O.CCC1(C)C(=O)[NH+]1C(C)C.CCC1(C)C(=O)[NH+]1CCO.CCCCOC(=O)C(C)(C)CC.CCCCOC(=O)C(C)(C)CC.CCCCOC(=O)C(C)(C)CC.CCCCOC(=O)C(C)(C)CC.CCCCOC(=O)C(C)(C)CC.CCCCOC(=O)C(C)CC.CCCCOC(=O)C(C)CC. The van der Waals surface area contributed by atoms with Crippen LogP contribution >= 0.6 is 0 Å². The van der Waals surface area contributed by atoms with E-state index in [4.69, 9.17) is 49.1 Å². The number of carboxylic acids is 1. The van der Waals surface area contributed by atoms with Crippen molar-refractivity contribution in [3.63, 3.8) is 0 Å². The van der Waals surface area contributed by atoms with Crippen molar-refractivity contribution in [2.45, 2.75) is 520 Å². The molecule has 0 aromatic heterocycles. The predicted molar refractivity (Wildman–Crippen MR) is 580 cm³/mol. The van der Waals surface area contributed by atoms with Gasteiger partial charge in [0.1, 0.15) is 6.54 Å². The lowest BCUT2D eigenvalue weighted by molar-refractivity contribution is -0.780. The number of amides is 6. The van der Waals surface area contributed by atoms with Crippen molar-refractivity contribution in [2.24, 2.45) is 62.4 Å². The number of likely N-dealkylation sites (tertiary alicyclic amines) is 1. The Bertz CT molecular complexity index is 3000. The number of quaternary nitrogens is 2. The van der Waals surface area contributed by atoms with E-state index in [1.165, 1.54) is 6.92 Å². The van der Waals surface area contributed by atoms with Gasteiger partial charge in [0, 0.05) is 77.5 Å². The Labute approximate surface area is 869 Å². The molecule has 29 heteroatoms. The molecule has 3 rings (SSSR count). The molecule has 0 aromatic rings. The highest BCUT2D eigenvalue weighted by atomic mass is 16.6. The third-order valence-electron chi connectivity index (χ3n) is 26.1. The Morgan fingerprint density at radius 2 is 0.676 bits per heavy atom. The number of hydrogen-bond donors (Lipinski definition) is 7. The van der Waals surface area contributed by atoms with E-state index in [0.29, 0.717) is 82.7 Å². The highest BCUT2D eigenvalue weighted by molar-refractivity contribution is 5.88. The van der Waals surface area contributed by atoms with Gasteiger partial charge in [0.05, 0.1) is 104 Å². The van der Waals surface area contributed by atoms with Crippen LogP contribution in [0.1, 0.15) is 490 Å². The minimum absolute atomic E-state index is 0.0336. The summed E-state index contributed by atoms with van der Waals surface area (Å²) < 4.78 is 35.5. The molecule has 0 spiro atoms. The zero-order chi connectivity index (χ0) is 114. The molecule has 3 saturated heterocycles. The van der Waals surface area contributed by atoms with Gasteiger partial charge in [0.15, 0.2) is 0 Å². The molecule has 0 bridgehead atoms. The molecule has 846 valence electrons. The molecule has 3 aliphatic heterocycles. The number of hydrogen-bond acceptors (Lipinski definition) is 22. The molecule has 0 aromatic carbocycles. The summed E-state index contributed by atoms with van der Waals surface area (Å²) in [6.45, 7) is 90.5. The number of carbonyl (C=O) groups excluding carboxylic acids is 13. The second-order valence-electron chi connectivity index (χ2n) is 41.1. The topological polar surface area (TPSA) is 406 Å². The first-order valence-electron chi connectivity index (χ1n) is 54.8. The number of ether oxygens (including phenoxy) is 7. The van der Waals surface area contributed by atoms with Crippen LogP contribution in [-0.2, 0) is 100 Å². The number of carbonyl (C=O) groups is 14. The average molecular weight is 2040 g/mol. The number of esters is 7. The van der Waals surface area contributed by atoms with Crippen molar-refractivity contribution in [3.8, 4) is 0 Å². The van der Waals surface area contributed by atoms with Crippen molar-refractivity contribution >= 4 is 83.2 Å². The molecule has 3 aliphatic rings. The van der Waals surface area contributed by atoms with Gasteiger partial charge in [0.2, 0.25) is 34.7 Å². The highest BCUT2D eigenvalue weighted by Gasteiger charge is 2.67. The number of nitrogens with two attached hydrogens (primary N) is 1. The first-order chi connectivity index (χ1) is 65.8. The Morgan fingerprint density at radius 1 is 0.401 bits per heavy atom. The number of aliphatic hydroxyl groups excluding tert-OH is 1. The van der Waals surface area contributed by atoms with Gasteiger partial charge in [0.25, 0.3) is 0 Å².